The summed E-state index contributed by atoms with van der Waals surface area (Å²) in [4.78, 5) is 11.0. The van der Waals surface area contributed by atoms with Crippen molar-refractivity contribution >= 4 is 6.29 Å². The standard InChI is InChI=1S/C14H21NO2/c1-3-8-15-9-14(10-16)13-6-4-12(5-7-13)11-17-2/h4-7,10,14-15H,3,8-9,11H2,1-2H3. The highest BCUT2D eigenvalue weighted by molar-refractivity contribution is 5.62. The van der Waals surface area contributed by atoms with Crippen LogP contribution in [0.4, 0.5) is 0 Å². The molecule has 0 fully saturated rings. The summed E-state index contributed by atoms with van der Waals surface area (Å²) < 4.78 is 5.05. The van der Waals surface area contributed by atoms with Crippen molar-refractivity contribution in [1.29, 1.82) is 0 Å². The molecule has 1 N–H and O–H groups in total. The second-order valence-electron chi connectivity index (χ2n) is 4.12. The van der Waals surface area contributed by atoms with E-state index in [-0.39, 0.29) is 5.92 Å². The Morgan fingerprint density at radius 1 is 1.35 bits per heavy atom. The lowest BCUT2D eigenvalue weighted by Gasteiger charge is -2.12. The van der Waals surface area contributed by atoms with Crippen LogP contribution in [0.25, 0.3) is 0 Å². The van der Waals surface area contributed by atoms with Crippen molar-refractivity contribution in [3.05, 3.63) is 35.4 Å². The fourth-order valence-electron chi connectivity index (χ4n) is 1.71. The molecule has 0 saturated carbocycles. The average molecular weight is 235 g/mol. The number of nitrogens with one attached hydrogen (secondary N) is 1. The van der Waals surface area contributed by atoms with Crippen molar-refractivity contribution in [3.63, 3.8) is 0 Å². The first-order valence-corrected chi connectivity index (χ1v) is 6.05. The lowest BCUT2D eigenvalue weighted by atomic mass is 9.99. The van der Waals surface area contributed by atoms with E-state index < -0.39 is 0 Å². The van der Waals surface area contributed by atoms with Gasteiger partial charge >= 0.3 is 0 Å². The first-order chi connectivity index (χ1) is 8.31. The van der Waals surface area contributed by atoms with Gasteiger partial charge in [0.05, 0.1) is 12.5 Å². The normalized spacial score (nSPS) is 12.4. The summed E-state index contributed by atoms with van der Waals surface area (Å²) in [6.07, 6.45) is 2.09. The molecule has 3 nitrogen and oxygen atoms in total. The summed E-state index contributed by atoms with van der Waals surface area (Å²) in [6, 6.07) is 8.02. The predicted molar refractivity (Wildman–Crippen MR) is 69.1 cm³/mol. The minimum atomic E-state index is -0.0573. The van der Waals surface area contributed by atoms with Crippen LogP contribution in [0.3, 0.4) is 0 Å². The van der Waals surface area contributed by atoms with Crippen molar-refractivity contribution < 1.29 is 9.53 Å². The van der Waals surface area contributed by atoms with Crippen LogP contribution >= 0.6 is 0 Å². The topological polar surface area (TPSA) is 38.3 Å². The van der Waals surface area contributed by atoms with Crippen LogP contribution in [-0.2, 0) is 16.1 Å². The Balaban J connectivity index is 2.58. The first kappa shape index (κ1) is 13.9. The Labute approximate surface area is 103 Å². The zero-order valence-corrected chi connectivity index (χ0v) is 10.6. The van der Waals surface area contributed by atoms with Gasteiger partial charge in [0.25, 0.3) is 0 Å². The van der Waals surface area contributed by atoms with E-state index in [1.165, 1.54) is 0 Å². The highest BCUT2D eigenvalue weighted by Crippen LogP contribution is 2.14. The van der Waals surface area contributed by atoms with Gasteiger partial charge in [0.2, 0.25) is 0 Å². The van der Waals surface area contributed by atoms with Crippen molar-refractivity contribution in [2.75, 3.05) is 20.2 Å². The summed E-state index contributed by atoms with van der Waals surface area (Å²) in [5, 5.41) is 3.27. The van der Waals surface area contributed by atoms with Crippen LogP contribution in [0.15, 0.2) is 24.3 Å². The fourth-order valence-corrected chi connectivity index (χ4v) is 1.71. The molecule has 1 atom stereocenters. The first-order valence-electron chi connectivity index (χ1n) is 6.05. The predicted octanol–water partition coefficient (Wildman–Crippen LogP) is 2.12. The third kappa shape index (κ3) is 4.67. The largest absolute Gasteiger partial charge is 0.380 e. The van der Waals surface area contributed by atoms with Gasteiger partial charge in [-0.2, -0.15) is 0 Å². The molecule has 0 aliphatic carbocycles. The summed E-state index contributed by atoms with van der Waals surface area (Å²) in [5.74, 6) is -0.0573. The van der Waals surface area contributed by atoms with Gasteiger partial charge in [-0.1, -0.05) is 31.2 Å². The van der Waals surface area contributed by atoms with Gasteiger partial charge in [0.15, 0.2) is 0 Å². The number of methoxy groups -OCH3 is 1. The second kappa shape index (κ2) is 7.98. The van der Waals surface area contributed by atoms with Crippen molar-refractivity contribution in [1.82, 2.24) is 5.32 Å². The third-order valence-corrected chi connectivity index (χ3v) is 2.67. The number of ether oxygens (including phenoxy) is 1. The number of benzene rings is 1. The molecular formula is C14H21NO2. The fraction of sp³-hybridized carbons (Fsp3) is 0.500. The molecule has 0 spiro atoms. The minimum absolute atomic E-state index is 0.0573. The molecule has 0 aromatic heterocycles. The van der Waals surface area contributed by atoms with Gasteiger partial charge in [-0.15, -0.1) is 0 Å². The maximum Gasteiger partial charge on any atom is 0.128 e. The van der Waals surface area contributed by atoms with E-state index in [1.54, 1.807) is 7.11 Å². The van der Waals surface area contributed by atoms with Crippen LogP contribution < -0.4 is 5.32 Å². The molecule has 0 heterocycles. The molecule has 1 rings (SSSR count). The Kier molecular flexibility index (Phi) is 6.51. The summed E-state index contributed by atoms with van der Waals surface area (Å²) in [6.45, 7) is 4.38. The Bertz CT molecular complexity index is 321. The lowest BCUT2D eigenvalue weighted by molar-refractivity contribution is -0.109. The van der Waals surface area contributed by atoms with Crippen molar-refractivity contribution in [2.45, 2.75) is 25.9 Å². The zero-order valence-electron chi connectivity index (χ0n) is 10.6. The van der Waals surface area contributed by atoms with Gasteiger partial charge in [-0.3, -0.25) is 0 Å². The molecule has 0 aliphatic rings. The van der Waals surface area contributed by atoms with E-state index in [1.807, 2.05) is 24.3 Å². The number of rotatable bonds is 8. The van der Waals surface area contributed by atoms with E-state index in [2.05, 4.69) is 12.2 Å². The number of hydrogen-bond acceptors (Lipinski definition) is 3. The number of carbonyl (C=O) groups excluding carboxylic acids is 1. The molecule has 0 bridgehead atoms. The molecule has 94 valence electrons. The minimum Gasteiger partial charge on any atom is -0.380 e. The highest BCUT2D eigenvalue weighted by Gasteiger charge is 2.09. The highest BCUT2D eigenvalue weighted by atomic mass is 16.5. The van der Waals surface area contributed by atoms with Gasteiger partial charge < -0.3 is 14.8 Å². The van der Waals surface area contributed by atoms with Crippen LogP contribution in [-0.4, -0.2) is 26.5 Å². The maximum atomic E-state index is 11.0. The van der Waals surface area contributed by atoms with Crippen LogP contribution in [0.5, 0.6) is 0 Å². The van der Waals surface area contributed by atoms with E-state index in [9.17, 15) is 4.79 Å². The van der Waals surface area contributed by atoms with E-state index in [0.717, 1.165) is 30.4 Å². The molecule has 1 unspecified atom stereocenters. The van der Waals surface area contributed by atoms with Crippen molar-refractivity contribution in [2.24, 2.45) is 0 Å². The number of carbonyl (C=O) groups is 1. The monoisotopic (exact) mass is 235 g/mol. The quantitative estimate of drug-likeness (QED) is 0.554. The molecule has 1 aromatic rings. The summed E-state index contributed by atoms with van der Waals surface area (Å²) in [5.41, 5.74) is 2.19. The maximum absolute atomic E-state index is 11.0. The number of hydrogen-bond donors (Lipinski definition) is 1. The average Bonchev–Trinajstić information content (AvgIpc) is 2.36. The third-order valence-electron chi connectivity index (χ3n) is 2.67. The Hall–Kier alpha value is -1.19. The Morgan fingerprint density at radius 2 is 2.06 bits per heavy atom. The van der Waals surface area contributed by atoms with Crippen LogP contribution in [0, 0.1) is 0 Å². The molecule has 1 aromatic carbocycles. The van der Waals surface area contributed by atoms with Crippen LogP contribution in [0.1, 0.15) is 30.4 Å². The second-order valence-corrected chi connectivity index (χ2v) is 4.12. The zero-order chi connectivity index (χ0) is 12.5. The molecule has 0 amide bonds. The summed E-state index contributed by atoms with van der Waals surface area (Å²) in [7, 11) is 1.68. The molecule has 17 heavy (non-hydrogen) atoms. The van der Waals surface area contributed by atoms with E-state index in [0.29, 0.717) is 13.2 Å². The van der Waals surface area contributed by atoms with Gasteiger partial charge in [-0.05, 0) is 24.1 Å². The molecule has 3 heteroatoms. The van der Waals surface area contributed by atoms with Crippen LogP contribution in [0.2, 0.25) is 0 Å². The van der Waals surface area contributed by atoms with Gasteiger partial charge in [0.1, 0.15) is 6.29 Å². The summed E-state index contributed by atoms with van der Waals surface area (Å²) >= 11 is 0. The molecule has 0 radical (unpaired) electrons. The van der Waals surface area contributed by atoms with E-state index >= 15 is 0 Å². The molecule has 0 saturated heterocycles. The number of aldehydes is 1. The van der Waals surface area contributed by atoms with E-state index in [4.69, 9.17) is 4.74 Å². The molecule has 0 aliphatic heterocycles. The smallest absolute Gasteiger partial charge is 0.128 e. The lowest BCUT2D eigenvalue weighted by Crippen LogP contribution is -2.23. The SMILES string of the molecule is CCCNCC(C=O)c1ccc(COC)cc1. The van der Waals surface area contributed by atoms with Crippen molar-refractivity contribution in [3.8, 4) is 0 Å². The molecular weight excluding hydrogens is 214 g/mol. The van der Waals surface area contributed by atoms with Gasteiger partial charge in [0, 0.05) is 13.7 Å². The Morgan fingerprint density at radius 3 is 2.59 bits per heavy atom. The van der Waals surface area contributed by atoms with Gasteiger partial charge in [-0.25, -0.2) is 0 Å².